The van der Waals surface area contributed by atoms with Crippen molar-refractivity contribution in [1.29, 1.82) is 0 Å². The first kappa shape index (κ1) is 28.7. The van der Waals surface area contributed by atoms with Crippen LogP contribution in [0.3, 0.4) is 0 Å². The number of nitrogens with one attached hydrogen (secondary N) is 1. The third kappa shape index (κ3) is 8.89. The lowest BCUT2D eigenvalue weighted by atomic mass is 9.94. The number of benzene rings is 3. The number of carbonyl (C=O) groups is 2. The molecule has 0 spiro atoms. The Bertz CT molecular complexity index is 1170. The van der Waals surface area contributed by atoms with Gasteiger partial charge in [0, 0.05) is 34.3 Å². The van der Waals surface area contributed by atoms with Crippen LogP contribution in [0, 0.1) is 0 Å². The molecule has 0 unspecified atom stereocenters. The average Bonchev–Trinajstić information content (AvgIpc) is 2.94. The van der Waals surface area contributed by atoms with Crippen molar-refractivity contribution >= 4 is 51.1 Å². The fourth-order valence-electron chi connectivity index (χ4n) is 4.80. The van der Waals surface area contributed by atoms with E-state index in [1.165, 1.54) is 6.42 Å². The molecule has 7 heteroatoms. The highest BCUT2D eigenvalue weighted by atomic mass is 79.9. The van der Waals surface area contributed by atoms with E-state index in [4.69, 9.17) is 11.6 Å². The van der Waals surface area contributed by atoms with Crippen LogP contribution in [-0.4, -0.2) is 34.6 Å². The van der Waals surface area contributed by atoms with Crippen LogP contribution in [-0.2, 0) is 28.3 Å². The quantitative estimate of drug-likeness (QED) is 0.245. The largest absolute Gasteiger partial charge is 0.352 e. The Morgan fingerprint density at radius 3 is 2.24 bits per heavy atom. The van der Waals surface area contributed by atoms with E-state index in [1.807, 2.05) is 78.9 Å². The van der Waals surface area contributed by atoms with Crippen LogP contribution < -0.4 is 5.32 Å². The van der Waals surface area contributed by atoms with Crippen LogP contribution in [0.4, 0.5) is 0 Å². The van der Waals surface area contributed by atoms with E-state index in [2.05, 4.69) is 21.2 Å². The van der Waals surface area contributed by atoms with Gasteiger partial charge < -0.3 is 10.2 Å². The second-order valence-electron chi connectivity index (χ2n) is 9.82. The second kappa shape index (κ2) is 14.8. The summed E-state index contributed by atoms with van der Waals surface area (Å²) in [5, 5.41) is 3.99. The van der Waals surface area contributed by atoms with Gasteiger partial charge in [0.05, 0.1) is 5.75 Å². The monoisotopic (exact) mass is 612 g/mol. The highest BCUT2D eigenvalue weighted by Gasteiger charge is 2.31. The lowest BCUT2D eigenvalue weighted by molar-refractivity contribution is -0.139. The van der Waals surface area contributed by atoms with Gasteiger partial charge >= 0.3 is 0 Å². The van der Waals surface area contributed by atoms with Gasteiger partial charge in [-0.05, 0) is 53.8 Å². The van der Waals surface area contributed by atoms with Gasteiger partial charge in [0.2, 0.25) is 11.8 Å². The Kier molecular flexibility index (Phi) is 11.2. The van der Waals surface area contributed by atoms with Crippen LogP contribution in [0.2, 0.25) is 5.02 Å². The van der Waals surface area contributed by atoms with E-state index in [-0.39, 0.29) is 17.9 Å². The summed E-state index contributed by atoms with van der Waals surface area (Å²) in [6.07, 6.45) is 5.97. The first-order valence-corrected chi connectivity index (χ1v) is 15.5. The molecule has 1 aliphatic carbocycles. The molecule has 38 heavy (non-hydrogen) atoms. The predicted molar refractivity (Wildman–Crippen MR) is 161 cm³/mol. The zero-order valence-corrected chi connectivity index (χ0v) is 24.6. The number of carbonyl (C=O) groups excluding carboxylic acids is 2. The molecular weight excluding hydrogens is 580 g/mol. The molecular formula is C31H34BrClN2O2S. The molecule has 0 bridgehead atoms. The van der Waals surface area contributed by atoms with Crippen molar-refractivity contribution in [3.05, 3.63) is 105 Å². The molecule has 0 heterocycles. The van der Waals surface area contributed by atoms with E-state index in [9.17, 15) is 9.59 Å². The normalized spacial score (nSPS) is 14.6. The first-order chi connectivity index (χ1) is 18.5. The number of nitrogens with zero attached hydrogens (tertiary/aromatic N) is 1. The van der Waals surface area contributed by atoms with Crippen molar-refractivity contribution in [2.75, 3.05) is 5.75 Å². The predicted octanol–water partition coefficient (Wildman–Crippen LogP) is 7.42. The maximum atomic E-state index is 13.8. The van der Waals surface area contributed by atoms with Gasteiger partial charge in [-0.3, -0.25) is 9.59 Å². The van der Waals surface area contributed by atoms with Gasteiger partial charge in [-0.2, -0.15) is 0 Å². The van der Waals surface area contributed by atoms with E-state index < -0.39 is 6.04 Å². The van der Waals surface area contributed by atoms with Crippen molar-refractivity contribution in [3.63, 3.8) is 0 Å². The fourth-order valence-corrected chi connectivity index (χ4v) is 6.07. The molecule has 0 aromatic heterocycles. The molecule has 1 saturated carbocycles. The van der Waals surface area contributed by atoms with Crippen molar-refractivity contribution in [2.24, 2.45) is 0 Å². The van der Waals surface area contributed by atoms with Gasteiger partial charge in [-0.25, -0.2) is 0 Å². The van der Waals surface area contributed by atoms with Crippen molar-refractivity contribution in [3.8, 4) is 0 Å². The summed E-state index contributed by atoms with van der Waals surface area (Å²) >= 11 is 11.1. The number of hydrogen-bond donors (Lipinski definition) is 1. The Balaban J connectivity index is 1.55. The topological polar surface area (TPSA) is 49.4 Å². The number of hydrogen-bond acceptors (Lipinski definition) is 3. The van der Waals surface area contributed by atoms with Crippen LogP contribution in [0.5, 0.6) is 0 Å². The number of rotatable bonds is 11. The number of amides is 2. The Morgan fingerprint density at radius 1 is 0.895 bits per heavy atom. The minimum atomic E-state index is -0.591. The van der Waals surface area contributed by atoms with E-state index in [0.717, 1.165) is 46.8 Å². The first-order valence-electron chi connectivity index (χ1n) is 13.2. The van der Waals surface area contributed by atoms with Crippen molar-refractivity contribution in [2.45, 2.75) is 62.9 Å². The van der Waals surface area contributed by atoms with Gasteiger partial charge in [0.25, 0.3) is 0 Å². The van der Waals surface area contributed by atoms with Crippen LogP contribution in [0.25, 0.3) is 0 Å². The molecule has 4 rings (SSSR count). The second-order valence-corrected chi connectivity index (χ2v) is 12.2. The molecule has 3 aromatic rings. The summed E-state index contributed by atoms with van der Waals surface area (Å²) in [7, 11) is 0. The zero-order valence-electron chi connectivity index (χ0n) is 21.5. The van der Waals surface area contributed by atoms with E-state index in [1.54, 1.807) is 16.7 Å². The van der Waals surface area contributed by atoms with Gasteiger partial charge in [-0.1, -0.05) is 101 Å². The molecule has 2 amide bonds. The highest BCUT2D eigenvalue weighted by molar-refractivity contribution is 9.10. The fraction of sp³-hybridized carbons (Fsp3) is 0.355. The maximum Gasteiger partial charge on any atom is 0.243 e. The van der Waals surface area contributed by atoms with Crippen LogP contribution >= 0.6 is 39.3 Å². The van der Waals surface area contributed by atoms with E-state index in [0.29, 0.717) is 29.5 Å². The lowest BCUT2D eigenvalue weighted by Crippen LogP contribution is -2.53. The number of halogens is 2. The minimum absolute atomic E-state index is 0.0355. The third-order valence-electron chi connectivity index (χ3n) is 6.90. The lowest BCUT2D eigenvalue weighted by Gasteiger charge is -2.33. The summed E-state index contributed by atoms with van der Waals surface area (Å²) < 4.78 is 0.980. The molecule has 200 valence electrons. The SMILES string of the molecule is O=C(NC1CCCCC1)[C@@H](Cc1ccccc1)N(Cc1ccc(Br)cc1)C(=O)CSCc1ccc(Cl)cc1. The van der Waals surface area contributed by atoms with Gasteiger partial charge in [0.15, 0.2) is 0 Å². The molecule has 1 atom stereocenters. The standard InChI is InChI=1S/C31H34BrClN2O2S/c32-26-15-11-24(12-16-26)20-35(30(36)22-38-21-25-13-17-27(33)18-14-25)29(19-23-7-3-1-4-8-23)31(37)34-28-9-5-2-6-10-28/h1,3-4,7-8,11-18,28-29H,2,5-6,9-10,19-22H2,(H,34,37)/t29-/m1/s1. The van der Waals surface area contributed by atoms with Gasteiger partial charge in [0.1, 0.15) is 6.04 Å². The van der Waals surface area contributed by atoms with Crippen molar-refractivity contribution < 1.29 is 9.59 Å². The average molecular weight is 614 g/mol. The van der Waals surface area contributed by atoms with Crippen molar-refractivity contribution in [1.82, 2.24) is 10.2 Å². The van der Waals surface area contributed by atoms with Crippen LogP contribution in [0.15, 0.2) is 83.3 Å². The Hall–Kier alpha value is -2.28. The smallest absolute Gasteiger partial charge is 0.243 e. The van der Waals surface area contributed by atoms with Gasteiger partial charge in [-0.15, -0.1) is 11.8 Å². The summed E-state index contributed by atoms with van der Waals surface area (Å²) in [6, 6.07) is 25.2. The number of thioether (sulfide) groups is 1. The summed E-state index contributed by atoms with van der Waals surface area (Å²) in [6.45, 7) is 0.378. The molecule has 0 saturated heterocycles. The summed E-state index contributed by atoms with van der Waals surface area (Å²) in [5.41, 5.74) is 3.15. The molecule has 1 fully saturated rings. The third-order valence-corrected chi connectivity index (χ3v) is 8.67. The molecule has 1 aliphatic rings. The zero-order chi connectivity index (χ0) is 26.7. The maximum absolute atomic E-state index is 13.8. The molecule has 1 N–H and O–H groups in total. The molecule has 0 radical (unpaired) electrons. The molecule has 3 aromatic carbocycles. The summed E-state index contributed by atoms with van der Waals surface area (Å²) in [5.74, 6) is 0.897. The van der Waals surface area contributed by atoms with E-state index >= 15 is 0 Å². The minimum Gasteiger partial charge on any atom is -0.352 e. The Labute approximate surface area is 243 Å². The molecule has 4 nitrogen and oxygen atoms in total. The highest BCUT2D eigenvalue weighted by Crippen LogP contribution is 2.22. The Morgan fingerprint density at radius 2 is 1.55 bits per heavy atom. The van der Waals surface area contributed by atoms with Crippen LogP contribution in [0.1, 0.15) is 48.8 Å². The summed E-state index contributed by atoms with van der Waals surface area (Å²) in [4.78, 5) is 29.4. The molecule has 0 aliphatic heterocycles.